The molecule has 0 aromatic carbocycles. The van der Waals surface area contributed by atoms with Crippen LogP contribution in [-0.4, -0.2) is 74.8 Å². The zero-order valence-corrected chi connectivity index (χ0v) is 14.8. The van der Waals surface area contributed by atoms with E-state index in [4.69, 9.17) is 10.5 Å². The van der Waals surface area contributed by atoms with Crippen LogP contribution < -0.4 is 5.73 Å². The van der Waals surface area contributed by atoms with Crippen molar-refractivity contribution in [2.45, 2.75) is 44.8 Å². The number of alkyl halides is 3. The Balaban J connectivity index is 1.56. The molecule has 0 bridgehead atoms. The molecule has 1 fully saturated rings. The minimum absolute atomic E-state index is 0.00877. The minimum atomic E-state index is -4.58. The van der Waals surface area contributed by atoms with E-state index in [9.17, 15) is 22.8 Å². The number of hydrogen-bond donors (Lipinski definition) is 1. The summed E-state index contributed by atoms with van der Waals surface area (Å²) in [5.74, 6) is -1.44. The molecule has 3 rings (SSSR count). The topological polar surface area (TPSA) is 107 Å². The van der Waals surface area contributed by atoms with Crippen LogP contribution in [0.5, 0.6) is 0 Å². The van der Waals surface area contributed by atoms with Crippen molar-refractivity contribution in [3.8, 4) is 0 Å². The Kier molecular flexibility index (Phi) is 5.38. The van der Waals surface area contributed by atoms with Gasteiger partial charge in [0.15, 0.2) is 5.82 Å². The average molecular weight is 390 g/mol. The Morgan fingerprint density at radius 1 is 1.37 bits per heavy atom. The van der Waals surface area contributed by atoms with Gasteiger partial charge < -0.3 is 24.8 Å². The number of morpholine rings is 1. The van der Waals surface area contributed by atoms with Gasteiger partial charge in [-0.3, -0.25) is 9.59 Å². The standard InChI is InChI=1S/C15H21F3N6O3/c1-9-5-23(13(26)8-27-9)6-10(19)4-12(25)22-2-3-24-11(7-22)20-21-14(24)15(16,17)18/h9-10H,2-8,19H2,1H3/t9-,10-/m0/s1. The first kappa shape index (κ1) is 19.5. The van der Waals surface area contributed by atoms with E-state index in [1.807, 2.05) is 6.92 Å². The molecule has 27 heavy (non-hydrogen) atoms. The molecule has 2 atom stereocenters. The Labute approximate surface area is 153 Å². The summed E-state index contributed by atoms with van der Waals surface area (Å²) in [6, 6.07) is -0.572. The summed E-state index contributed by atoms with van der Waals surface area (Å²) in [7, 11) is 0. The van der Waals surface area contributed by atoms with E-state index >= 15 is 0 Å². The Hall–Kier alpha value is -2.21. The highest BCUT2D eigenvalue weighted by molar-refractivity contribution is 5.79. The second-order valence-corrected chi connectivity index (χ2v) is 6.79. The number of amides is 2. The maximum Gasteiger partial charge on any atom is 0.451 e. The monoisotopic (exact) mass is 390 g/mol. The summed E-state index contributed by atoms with van der Waals surface area (Å²) in [6.45, 7) is 2.50. The van der Waals surface area contributed by atoms with Gasteiger partial charge in [0.25, 0.3) is 0 Å². The van der Waals surface area contributed by atoms with Gasteiger partial charge in [-0.2, -0.15) is 13.2 Å². The number of carbonyl (C=O) groups excluding carboxylic acids is 2. The summed E-state index contributed by atoms with van der Waals surface area (Å²) < 4.78 is 44.8. The molecule has 0 radical (unpaired) electrons. The van der Waals surface area contributed by atoms with Crippen LogP contribution in [0.25, 0.3) is 0 Å². The van der Waals surface area contributed by atoms with Crippen LogP contribution in [0.15, 0.2) is 0 Å². The second kappa shape index (κ2) is 7.43. The van der Waals surface area contributed by atoms with Crippen LogP contribution in [0.3, 0.4) is 0 Å². The van der Waals surface area contributed by atoms with E-state index in [-0.39, 0.29) is 62.9 Å². The Morgan fingerprint density at radius 3 is 2.81 bits per heavy atom. The molecular weight excluding hydrogens is 369 g/mol. The van der Waals surface area contributed by atoms with Crippen molar-refractivity contribution in [3.05, 3.63) is 11.6 Å². The molecular formula is C15H21F3N6O3. The molecule has 0 unspecified atom stereocenters. The number of nitrogens with two attached hydrogens (primary N) is 1. The Morgan fingerprint density at radius 2 is 2.11 bits per heavy atom. The smallest absolute Gasteiger partial charge is 0.367 e. The van der Waals surface area contributed by atoms with Crippen molar-refractivity contribution in [1.29, 1.82) is 0 Å². The first-order chi connectivity index (χ1) is 12.6. The Bertz CT molecular complexity index is 722. The van der Waals surface area contributed by atoms with Crippen molar-refractivity contribution in [3.63, 3.8) is 0 Å². The fraction of sp³-hybridized carbons (Fsp3) is 0.733. The van der Waals surface area contributed by atoms with Gasteiger partial charge in [0.2, 0.25) is 17.6 Å². The normalized spacial score (nSPS) is 22.0. The van der Waals surface area contributed by atoms with Crippen molar-refractivity contribution in [2.24, 2.45) is 5.73 Å². The van der Waals surface area contributed by atoms with E-state index in [2.05, 4.69) is 10.2 Å². The van der Waals surface area contributed by atoms with Gasteiger partial charge in [0.05, 0.1) is 12.6 Å². The van der Waals surface area contributed by atoms with Crippen molar-refractivity contribution < 1.29 is 27.5 Å². The zero-order chi connectivity index (χ0) is 19.8. The third-order valence-electron chi connectivity index (χ3n) is 4.57. The molecule has 150 valence electrons. The van der Waals surface area contributed by atoms with E-state index in [1.54, 1.807) is 4.90 Å². The average Bonchev–Trinajstić information content (AvgIpc) is 3.01. The number of ether oxygens (including phenoxy) is 1. The lowest BCUT2D eigenvalue weighted by molar-refractivity contribution is -0.149. The van der Waals surface area contributed by atoms with Crippen LogP contribution in [0.1, 0.15) is 25.0 Å². The van der Waals surface area contributed by atoms with Gasteiger partial charge in [-0.25, -0.2) is 0 Å². The van der Waals surface area contributed by atoms with E-state index in [1.165, 1.54) is 4.90 Å². The van der Waals surface area contributed by atoms with Crippen molar-refractivity contribution in [2.75, 3.05) is 26.2 Å². The number of rotatable bonds is 4. The molecule has 12 heteroatoms. The number of nitrogens with zero attached hydrogens (tertiary/aromatic N) is 5. The number of fused-ring (bicyclic) bond motifs is 1. The summed E-state index contributed by atoms with van der Waals surface area (Å²) in [4.78, 5) is 27.2. The lowest BCUT2D eigenvalue weighted by Crippen LogP contribution is -2.51. The summed E-state index contributed by atoms with van der Waals surface area (Å²) in [6.07, 6.45) is -4.69. The van der Waals surface area contributed by atoms with E-state index in [0.717, 1.165) is 4.57 Å². The lowest BCUT2D eigenvalue weighted by Gasteiger charge is -2.33. The van der Waals surface area contributed by atoms with Gasteiger partial charge in [-0.1, -0.05) is 0 Å². The molecule has 1 saturated heterocycles. The maximum atomic E-state index is 12.9. The molecule has 1 aromatic heterocycles. The van der Waals surface area contributed by atoms with Crippen LogP contribution in [0.2, 0.25) is 0 Å². The molecule has 2 N–H and O–H groups in total. The molecule has 9 nitrogen and oxygen atoms in total. The highest BCUT2D eigenvalue weighted by atomic mass is 19.4. The van der Waals surface area contributed by atoms with Crippen molar-refractivity contribution in [1.82, 2.24) is 24.6 Å². The predicted octanol–water partition coefficient (Wildman–Crippen LogP) is -0.396. The quantitative estimate of drug-likeness (QED) is 0.750. The predicted molar refractivity (Wildman–Crippen MR) is 85.0 cm³/mol. The number of aromatic nitrogens is 3. The molecule has 2 aliphatic heterocycles. The molecule has 1 aromatic rings. The van der Waals surface area contributed by atoms with Gasteiger partial charge in [-0.15, -0.1) is 10.2 Å². The fourth-order valence-corrected chi connectivity index (χ4v) is 3.23. The van der Waals surface area contributed by atoms with Crippen molar-refractivity contribution >= 4 is 11.8 Å². The fourth-order valence-electron chi connectivity index (χ4n) is 3.23. The second-order valence-electron chi connectivity index (χ2n) is 6.79. The first-order valence-electron chi connectivity index (χ1n) is 8.57. The number of carbonyl (C=O) groups is 2. The maximum absolute atomic E-state index is 12.9. The van der Waals surface area contributed by atoms with Gasteiger partial charge in [0, 0.05) is 38.6 Å². The van der Waals surface area contributed by atoms with Crippen LogP contribution >= 0.6 is 0 Å². The molecule has 2 aliphatic rings. The van der Waals surface area contributed by atoms with Gasteiger partial charge >= 0.3 is 6.18 Å². The third kappa shape index (κ3) is 4.38. The zero-order valence-electron chi connectivity index (χ0n) is 14.8. The summed E-state index contributed by atoms with van der Waals surface area (Å²) >= 11 is 0. The molecule has 0 saturated carbocycles. The third-order valence-corrected chi connectivity index (χ3v) is 4.57. The SMILES string of the molecule is C[C@H]1CN(C[C@@H](N)CC(=O)N2CCn3c(nnc3C(F)(F)F)C2)C(=O)CO1. The molecule has 2 amide bonds. The van der Waals surface area contributed by atoms with Crippen LogP contribution in [0.4, 0.5) is 13.2 Å². The minimum Gasteiger partial charge on any atom is -0.367 e. The van der Waals surface area contributed by atoms with Crippen LogP contribution in [-0.2, 0) is 33.6 Å². The van der Waals surface area contributed by atoms with E-state index in [0.29, 0.717) is 6.54 Å². The molecule has 0 spiro atoms. The molecule has 0 aliphatic carbocycles. The summed E-state index contributed by atoms with van der Waals surface area (Å²) in [5.41, 5.74) is 6.01. The highest BCUT2D eigenvalue weighted by Crippen LogP contribution is 2.29. The van der Waals surface area contributed by atoms with Gasteiger partial charge in [0.1, 0.15) is 6.61 Å². The largest absolute Gasteiger partial charge is 0.451 e. The van der Waals surface area contributed by atoms with Gasteiger partial charge in [-0.05, 0) is 6.92 Å². The summed E-state index contributed by atoms with van der Waals surface area (Å²) in [5, 5.41) is 6.73. The first-order valence-corrected chi connectivity index (χ1v) is 8.57. The van der Waals surface area contributed by atoms with E-state index < -0.39 is 18.0 Å². The lowest BCUT2D eigenvalue weighted by atomic mass is 10.1. The molecule has 3 heterocycles. The van der Waals surface area contributed by atoms with Crippen LogP contribution in [0, 0.1) is 0 Å². The highest BCUT2D eigenvalue weighted by Gasteiger charge is 2.40. The number of hydrogen-bond acceptors (Lipinski definition) is 6. The number of halogens is 3.